The number of fused-ring (bicyclic) bond motifs is 2. The van der Waals surface area contributed by atoms with Crippen molar-refractivity contribution in [2.45, 2.75) is 24.5 Å². The molecule has 0 unspecified atom stereocenters. The summed E-state index contributed by atoms with van der Waals surface area (Å²) >= 11 is 7.63. The SMILES string of the molecule is O=C(CCCSc1nc2ccccc2c(=O)n1-c1cccc(Cl)c1)NCc1ccc2c(c1)OCO2. The molecule has 0 atom stereocenters. The zero-order valence-corrected chi connectivity index (χ0v) is 20.3. The summed E-state index contributed by atoms with van der Waals surface area (Å²) in [7, 11) is 0. The highest BCUT2D eigenvalue weighted by Crippen LogP contribution is 2.32. The van der Waals surface area contributed by atoms with Crippen molar-refractivity contribution < 1.29 is 14.3 Å². The van der Waals surface area contributed by atoms with Gasteiger partial charge in [0.15, 0.2) is 16.7 Å². The van der Waals surface area contributed by atoms with Gasteiger partial charge in [-0.15, -0.1) is 0 Å². The molecule has 0 fully saturated rings. The van der Waals surface area contributed by atoms with E-state index in [0.29, 0.717) is 57.7 Å². The first-order chi connectivity index (χ1) is 17.1. The van der Waals surface area contributed by atoms with E-state index in [1.54, 1.807) is 28.8 Å². The number of carbonyl (C=O) groups excluding carboxylic acids is 1. The third kappa shape index (κ3) is 5.28. The number of benzene rings is 3. The molecule has 1 aromatic heterocycles. The molecule has 0 saturated heterocycles. The van der Waals surface area contributed by atoms with Crippen molar-refractivity contribution in [1.82, 2.24) is 14.9 Å². The molecule has 1 aliphatic heterocycles. The van der Waals surface area contributed by atoms with Crippen LogP contribution < -0.4 is 20.3 Å². The minimum Gasteiger partial charge on any atom is -0.454 e. The minimum absolute atomic E-state index is 0.0398. The average molecular weight is 508 g/mol. The molecule has 1 amide bonds. The lowest BCUT2D eigenvalue weighted by Gasteiger charge is -2.13. The number of amides is 1. The molecular weight excluding hydrogens is 486 g/mol. The summed E-state index contributed by atoms with van der Waals surface area (Å²) in [6.45, 7) is 0.642. The summed E-state index contributed by atoms with van der Waals surface area (Å²) in [5.41, 5.74) is 2.09. The van der Waals surface area contributed by atoms with Crippen molar-refractivity contribution >= 4 is 40.2 Å². The predicted octanol–water partition coefficient (Wildman–Crippen LogP) is 4.96. The van der Waals surface area contributed by atoms with Crippen molar-refractivity contribution in [3.05, 3.63) is 87.7 Å². The van der Waals surface area contributed by atoms with E-state index < -0.39 is 0 Å². The first-order valence-corrected chi connectivity index (χ1v) is 12.5. The Balaban J connectivity index is 1.23. The maximum absolute atomic E-state index is 13.3. The number of nitrogens with one attached hydrogen (secondary N) is 1. The number of nitrogens with zero attached hydrogens (tertiary/aromatic N) is 2. The van der Waals surface area contributed by atoms with Crippen molar-refractivity contribution in [2.75, 3.05) is 12.5 Å². The second-order valence-corrected chi connectivity index (χ2v) is 9.45. The zero-order chi connectivity index (χ0) is 24.2. The second kappa shape index (κ2) is 10.4. The average Bonchev–Trinajstić information content (AvgIpc) is 3.33. The molecule has 178 valence electrons. The number of aromatic nitrogens is 2. The van der Waals surface area contributed by atoms with E-state index >= 15 is 0 Å². The maximum Gasteiger partial charge on any atom is 0.266 e. The Bertz CT molecular complexity index is 1460. The third-order valence-corrected chi connectivity index (χ3v) is 6.78. The van der Waals surface area contributed by atoms with Crippen LogP contribution in [0, 0.1) is 0 Å². The number of hydrogen-bond donors (Lipinski definition) is 1. The van der Waals surface area contributed by atoms with Crippen LogP contribution in [0.15, 0.2) is 76.7 Å². The van der Waals surface area contributed by atoms with Gasteiger partial charge in [-0.2, -0.15) is 0 Å². The van der Waals surface area contributed by atoms with E-state index in [1.807, 2.05) is 42.5 Å². The molecule has 0 spiro atoms. The quantitative estimate of drug-likeness (QED) is 0.206. The molecular formula is C26H22ClN3O4S. The second-order valence-electron chi connectivity index (χ2n) is 7.95. The number of ether oxygens (including phenoxy) is 2. The van der Waals surface area contributed by atoms with Crippen LogP contribution in [0.5, 0.6) is 11.5 Å². The number of rotatable bonds is 8. The Labute approximate surface area is 211 Å². The van der Waals surface area contributed by atoms with Crippen molar-refractivity contribution in [3.8, 4) is 17.2 Å². The minimum atomic E-state index is -0.151. The number of hydrogen-bond acceptors (Lipinski definition) is 6. The van der Waals surface area contributed by atoms with Gasteiger partial charge in [-0.25, -0.2) is 4.98 Å². The first kappa shape index (κ1) is 23.3. The molecule has 4 aromatic rings. The molecule has 35 heavy (non-hydrogen) atoms. The molecule has 7 nitrogen and oxygen atoms in total. The molecule has 9 heteroatoms. The summed E-state index contributed by atoms with van der Waals surface area (Å²) in [6.07, 6.45) is 1.00. The van der Waals surface area contributed by atoms with Gasteiger partial charge in [-0.1, -0.05) is 47.6 Å². The number of thioether (sulfide) groups is 1. The molecule has 0 aliphatic carbocycles. The smallest absolute Gasteiger partial charge is 0.266 e. The topological polar surface area (TPSA) is 82.5 Å². The predicted molar refractivity (Wildman–Crippen MR) is 137 cm³/mol. The van der Waals surface area contributed by atoms with Crippen LogP contribution in [0.3, 0.4) is 0 Å². The Morgan fingerprint density at radius 3 is 2.80 bits per heavy atom. The van der Waals surface area contributed by atoms with Gasteiger partial charge in [0, 0.05) is 23.7 Å². The van der Waals surface area contributed by atoms with Crippen LogP contribution in [0.2, 0.25) is 5.02 Å². The maximum atomic E-state index is 13.3. The van der Waals surface area contributed by atoms with Crippen molar-refractivity contribution in [1.29, 1.82) is 0 Å². The van der Waals surface area contributed by atoms with Crippen LogP contribution in [0.4, 0.5) is 0 Å². The molecule has 1 aliphatic rings. The number of carbonyl (C=O) groups is 1. The van der Waals surface area contributed by atoms with Gasteiger partial charge in [0.05, 0.1) is 16.6 Å². The van der Waals surface area contributed by atoms with Crippen LogP contribution in [0.25, 0.3) is 16.6 Å². The van der Waals surface area contributed by atoms with Crippen molar-refractivity contribution in [2.24, 2.45) is 0 Å². The highest BCUT2D eigenvalue weighted by Gasteiger charge is 2.15. The largest absolute Gasteiger partial charge is 0.454 e. The van der Waals surface area contributed by atoms with Gasteiger partial charge < -0.3 is 14.8 Å². The van der Waals surface area contributed by atoms with E-state index in [2.05, 4.69) is 5.32 Å². The molecule has 3 aromatic carbocycles. The molecule has 0 radical (unpaired) electrons. The lowest BCUT2D eigenvalue weighted by atomic mass is 10.2. The van der Waals surface area contributed by atoms with Gasteiger partial charge in [-0.3, -0.25) is 14.2 Å². The Morgan fingerprint density at radius 2 is 1.91 bits per heavy atom. The van der Waals surface area contributed by atoms with Crippen LogP contribution in [0.1, 0.15) is 18.4 Å². The lowest BCUT2D eigenvalue weighted by molar-refractivity contribution is -0.121. The van der Waals surface area contributed by atoms with Gasteiger partial charge in [0.25, 0.3) is 5.56 Å². The molecule has 0 saturated carbocycles. The van der Waals surface area contributed by atoms with Crippen LogP contribution in [-0.4, -0.2) is 28.0 Å². The highest BCUT2D eigenvalue weighted by atomic mass is 35.5. The van der Waals surface area contributed by atoms with Gasteiger partial charge in [-0.05, 0) is 54.4 Å². The van der Waals surface area contributed by atoms with Crippen LogP contribution in [-0.2, 0) is 11.3 Å². The molecule has 2 heterocycles. The number of halogens is 1. The summed E-state index contributed by atoms with van der Waals surface area (Å²) in [5.74, 6) is 2.00. The summed E-state index contributed by atoms with van der Waals surface area (Å²) in [5, 5.41) is 4.58. The standard InChI is InChI=1S/C26H22ClN3O4S/c27-18-5-3-6-19(14-18)30-25(32)20-7-1-2-8-21(20)29-26(30)35-12-4-9-24(31)28-15-17-10-11-22-23(13-17)34-16-33-22/h1-3,5-8,10-11,13-14H,4,9,12,15-16H2,(H,28,31). The summed E-state index contributed by atoms with van der Waals surface area (Å²) in [4.78, 5) is 30.4. The van der Waals surface area contributed by atoms with E-state index in [0.717, 1.165) is 11.3 Å². The molecule has 0 bridgehead atoms. The third-order valence-electron chi connectivity index (χ3n) is 5.52. The zero-order valence-electron chi connectivity index (χ0n) is 18.7. The van der Waals surface area contributed by atoms with Gasteiger partial charge in [0.2, 0.25) is 12.7 Å². The van der Waals surface area contributed by atoms with E-state index in [1.165, 1.54) is 11.8 Å². The molecule has 5 rings (SSSR count). The van der Waals surface area contributed by atoms with E-state index in [4.69, 9.17) is 26.1 Å². The normalized spacial score (nSPS) is 12.1. The highest BCUT2D eigenvalue weighted by molar-refractivity contribution is 7.99. The first-order valence-electron chi connectivity index (χ1n) is 11.1. The summed E-state index contributed by atoms with van der Waals surface area (Å²) < 4.78 is 12.3. The van der Waals surface area contributed by atoms with Gasteiger partial charge >= 0.3 is 0 Å². The fraction of sp³-hybridized carbons (Fsp3) is 0.192. The Morgan fingerprint density at radius 1 is 1.06 bits per heavy atom. The van der Waals surface area contributed by atoms with Crippen molar-refractivity contribution in [3.63, 3.8) is 0 Å². The van der Waals surface area contributed by atoms with E-state index in [9.17, 15) is 9.59 Å². The Hall–Kier alpha value is -3.49. The Kier molecular flexibility index (Phi) is 6.92. The molecule has 1 N–H and O–H groups in total. The lowest BCUT2D eigenvalue weighted by Crippen LogP contribution is -2.23. The fourth-order valence-electron chi connectivity index (χ4n) is 3.79. The van der Waals surface area contributed by atoms with Crippen LogP contribution >= 0.6 is 23.4 Å². The van der Waals surface area contributed by atoms with Gasteiger partial charge in [0.1, 0.15) is 0 Å². The summed E-state index contributed by atoms with van der Waals surface area (Å²) in [6, 6.07) is 20.0. The van der Waals surface area contributed by atoms with E-state index in [-0.39, 0.29) is 18.3 Å². The fourth-order valence-corrected chi connectivity index (χ4v) is 4.92. The number of para-hydroxylation sites is 1. The monoisotopic (exact) mass is 507 g/mol.